The van der Waals surface area contributed by atoms with E-state index >= 15 is 0 Å². The first-order chi connectivity index (χ1) is 8.16. The van der Waals surface area contributed by atoms with Crippen LogP contribution in [0, 0.1) is 5.92 Å². The van der Waals surface area contributed by atoms with Gasteiger partial charge >= 0.3 is 0 Å². The van der Waals surface area contributed by atoms with E-state index in [1.165, 1.54) is 25.7 Å². The van der Waals surface area contributed by atoms with Gasteiger partial charge in [0.25, 0.3) is 5.91 Å². The quantitative estimate of drug-likeness (QED) is 0.887. The fraction of sp³-hybridized carbons (Fsp3) is 0.462. The third kappa shape index (κ3) is 3.36. The number of carbonyl (C=O) groups is 1. The van der Waals surface area contributed by atoms with Crippen LogP contribution in [0.3, 0.4) is 0 Å². The average Bonchev–Trinajstić information content (AvgIpc) is 2.82. The second-order valence-corrected chi connectivity index (χ2v) is 5.30. The Morgan fingerprint density at radius 1 is 1.24 bits per heavy atom. The monoisotopic (exact) mass is 271 g/mol. The first-order valence-corrected chi connectivity index (χ1v) is 6.65. The molecule has 0 aliphatic heterocycles. The minimum atomic E-state index is -0.0736. The number of hydrogen-bond acceptors (Lipinski definition) is 1. The number of nitrogens with one attached hydrogen (secondary N) is 1. The zero-order valence-electron chi connectivity index (χ0n) is 9.51. The number of carbonyl (C=O) groups excluding carboxylic acids is 1. The van der Waals surface area contributed by atoms with Gasteiger partial charge in [0, 0.05) is 12.1 Å². The number of rotatable bonds is 3. The first-order valence-electron chi connectivity index (χ1n) is 5.90. The second-order valence-electron chi connectivity index (χ2n) is 4.49. The van der Waals surface area contributed by atoms with Crippen LogP contribution in [0.15, 0.2) is 18.2 Å². The molecule has 0 heterocycles. The molecule has 0 aromatic heterocycles. The molecule has 2 rings (SSSR count). The Balaban J connectivity index is 1.92. The smallest absolute Gasteiger partial charge is 0.251 e. The van der Waals surface area contributed by atoms with Crippen molar-refractivity contribution in [1.82, 2.24) is 5.32 Å². The van der Waals surface area contributed by atoms with Crippen LogP contribution in [0.25, 0.3) is 0 Å². The summed E-state index contributed by atoms with van der Waals surface area (Å²) in [5.74, 6) is 0.567. The lowest BCUT2D eigenvalue weighted by Gasteiger charge is -2.10. The fourth-order valence-corrected chi connectivity index (χ4v) is 2.49. The lowest BCUT2D eigenvalue weighted by atomic mass is 10.1. The van der Waals surface area contributed by atoms with E-state index in [9.17, 15) is 4.79 Å². The standard InChI is InChI=1S/C13H15Cl2NO/c14-11-6-5-10(7-12(11)15)13(17)16-8-9-3-1-2-4-9/h5-7,9H,1-4,8H2,(H,16,17). The van der Waals surface area contributed by atoms with Crippen LogP contribution in [0.2, 0.25) is 10.0 Å². The van der Waals surface area contributed by atoms with E-state index in [-0.39, 0.29) is 5.91 Å². The number of amides is 1. The van der Waals surface area contributed by atoms with Gasteiger partial charge in [-0.25, -0.2) is 0 Å². The van der Waals surface area contributed by atoms with Gasteiger partial charge in [-0.15, -0.1) is 0 Å². The first kappa shape index (κ1) is 12.7. The molecule has 92 valence electrons. The minimum absolute atomic E-state index is 0.0736. The maximum Gasteiger partial charge on any atom is 0.251 e. The zero-order valence-corrected chi connectivity index (χ0v) is 11.0. The van der Waals surface area contributed by atoms with Gasteiger partial charge in [-0.3, -0.25) is 4.79 Å². The van der Waals surface area contributed by atoms with Crippen LogP contribution in [-0.2, 0) is 0 Å². The highest BCUT2D eigenvalue weighted by atomic mass is 35.5. The summed E-state index contributed by atoms with van der Waals surface area (Å²) in [6.07, 6.45) is 5.02. The molecule has 1 N–H and O–H groups in total. The van der Waals surface area contributed by atoms with E-state index in [0.29, 0.717) is 21.5 Å². The molecule has 1 saturated carbocycles. The van der Waals surface area contributed by atoms with Crippen LogP contribution in [-0.4, -0.2) is 12.5 Å². The van der Waals surface area contributed by atoms with Crippen molar-refractivity contribution in [3.8, 4) is 0 Å². The summed E-state index contributed by atoms with van der Waals surface area (Å²) in [6.45, 7) is 0.763. The summed E-state index contributed by atoms with van der Waals surface area (Å²) in [7, 11) is 0. The summed E-state index contributed by atoms with van der Waals surface area (Å²) >= 11 is 11.7. The second kappa shape index (κ2) is 5.74. The molecular formula is C13H15Cl2NO. The summed E-state index contributed by atoms with van der Waals surface area (Å²) in [6, 6.07) is 4.94. The van der Waals surface area contributed by atoms with Gasteiger partial charge in [-0.05, 0) is 37.0 Å². The predicted octanol–water partition coefficient (Wildman–Crippen LogP) is 3.91. The largest absolute Gasteiger partial charge is 0.352 e. The normalized spacial score (nSPS) is 16.1. The molecular weight excluding hydrogens is 257 g/mol. The van der Waals surface area contributed by atoms with E-state index in [0.717, 1.165) is 6.54 Å². The van der Waals surface area contributed by atoms with E-state index in [1.54, 1.807) is 18.2 Å². The van der Waals surface area contributed by atoms with Gasteiger partial charge in [-0.2, -0.15) is 0 Å². The number of hydrogen-bond donors (Lipinski definition) is 1. The average molecular weight is 272 g/mol. The molecule has 1 aromatic rings. The van der Waals surface area contributed by atoms with Crippen molar-refractivity contribution in [2.24, 2.45) is 5.92 Å². The Morgan fingerprint density at radius 2 is 1.94 bits per heavy atom. The van der Waals surface area contributed by atoms with Crippen molar-refractivity contribution in [3.05, 3.63) is 33.8 Å². The summed E-state index contributed by atoms with van der Waals surface area (Å²) in [5.41, 5.74) is 0.567. The SMILES string of the molecule is O=C(NCC1CCCC1)c1ccc(Cl)c(Cl)c1. The van der Waals surface area contributed by atoms with Crippen molar-refractivity contribution in [2.45, 2.75) is 25.7 Å². The fourth-order valence-electron chi connectivity index (χ4n) is 2.19. The van der Waals surface area contributed by atoms with E-state index in [2.05, 4.69) is 5.32 Å². The van der Waals surface area contributed by atoms with Crippen molar-refractivity contribution < 1.29 is 4.79 Å². The van der Waals surface area contributed by atoms with Crippen molar-refractivity contribution in [2.75, 3.05) is 6.54 Å². The van der Waals surface area contributed by atoms with Gasteiger partial charge < -0.3 is 5.32 Å². The molecule has 4 heteroatoms. The Hall–Kier alpha value is -0.730. The van der Waals surface area contributed by atoms with Crippen LogP contribution in [0.5, 0.6) is 0 Å². The topological polar surface area (TPSA) is 29.1 Å². The summed E-state index contributed by atoms with van der Waals surface area (Å²) in [5, 5.41) is 3.84. The Kier molecular flexibility index (Phi) is 4.30. The Morgan fingerprint density at radius 3 is 2.59 bits per heavy atom. The molecule has 1 aromatic carbocycles. The summed E-state index contributed by atoms with van der Waals surface area (Å²) in [4.78, 5) is 11.9. The van der Waals surface area contributed by atoms with E-state index in [1.807, 2.05) is 0 Å². The third-order valence-corrected chi connectivity index (χ3v) is 3.95. The van der Waals surface area contributed by atoms with Crippen molar-refractivity contribution in [3.63, 3.8) is 0 Å². The Bertz CT molecular complexity index is 414. The highest BCUT2D eigenvalue weighted by molar-refractivity contribution is 6.42. The van der Waals surface area contributed by atoms with Crippen LogP contribution in [0.1, 0.15) is 36.0 Å². The highest BCUT2D eigenvalue weighted by Crippen LogP contribution is 2.24. The van der Waals surface area contributed by atoms with Gasteiger partial charge in [0.05, 0.1) is 10.0 Å². The van der Waals surface area contributed by atoms with E-state index in [4.69, 9.17) is 23.2 Å². The van der Waals surface area contributed by atoms with Gasteiger partial charge in [0.15, 0.2) is 0 Å². The third-order valence-electron chi connectivity index (χ3n) is 3.21. The maximum absolute atomic E-state index is 11.9. The van der Waals surface area contributed by atoms with Gasteiger partial charge in [-0.1, -0.05) is 36.0 Å². The number of benzene rings is 1. The molecule has 0 bridgehead atoms. The van der Waals surface area contributed by atoms with Crippen LogP contribution >= 0.6 is 23.2 Å². The molecule has 0 saturated heterocycles. The lowest BCUT2D eigenvalue weighted by molar-refractivity contribution is 0.0947. The molecule has 0 radical (unpaired) electrons. The van der Waals surface area contributed by atoms with Crippen LogP contribution in [0.4, 0.5) is 0 Å². The molecule has 17 heavy (non-hydrogen) atoms. The molecule has 0 spiro atoms. The van der Waals surface area contributed by atoms with Gasteiger partial charge in [0.2, 0.25) is 0 Å². The van der Waals surface area contributed by atoms with Crippen molar-refractivity contribution in [1.29, 1.82) is 0 Å². The lowest BCUT2D eigenvalue weighted by Crippen LogP contribution is -2.28. The number of halogens is 2. The molecule has 0 unspecified atom stereocenters. The maximum atomic E-state index is 11.9. The Labute approximate surface area is 111 Å². The highest BCUT2D eigenvalue weighted by Gasteiger charge is 2.16. The van der Waals surface area contributed by atoms with Crippen LogP contribution < -0.4 is 5.32 Å². The molecule has 1 fully saturated rings. The molecule has 1 amide bonds. The molecule has 1 aliphatic rings. The molecule has 2 nitrogen and oxygen atoms in total. The van der Waals surface area contributed by atoms with Gasteiger partial charge in [0.1, 0.15) is 0 Å². The van der Waals surface area contributed by atoms with E-state index < -0.39 is 0 Å². The summed E-state index contributed by atoms with van der Waals surface area (Å²) < 4.78 is 0. The molecule has 0 atom stereocenters. The minimum Gasteiger partial charge on any atom is -0.352 e. The zero-order chi connectivity index (χ0) is 12.3. The molecule has 1 aliphatic carbocycles. The predicted molar refractivity (Wildman–Crippen MR) is 70.8 cm³/mol. The van der Waals surface area contributed by atoms with Crippen molar-refractivity contribution >= 4 is 29.1 Å².